The van der Waals surface area contributed by atoms with Gasteiger partial charge in [-0.1, -0.05) is 42.5 Å². The van der Waals surface area contributed by atoms with Crippen molar-refractivity contribution in [1.29, 1.82) is 0 Å². The van der Waals surface area contributed by atoms with E-state index in [2.05, 4.69) is 41.0 Å². The van der Waals surface area contributed by atoms with Crippen molar-refractivity contribution in [2.45, 2.75) is 25.6 Å². The predicted molar refractivity (Wildman–Crippen MR) is 129 cm³/mol. The zero-order chi connectivity index (χ0) is 22.1. The number of thioether (sulfide) groups is 1. The molecule has 0 aliphatic heterocycles. The van der Waals surface area contributed by atoms with Crippen molar-refractivity contribution in [3.8, 4) is 11.5 Å². The Hall–Kier alpha value is -2.70. The Kier molecular flexibility index (Phi) is 8.62. The van der Waals surface area contributed by atoms with Crippen LogP contribution >= 0.6 is 11.8 Å². The topological polar surface area (TPSA) is 59.6 Å². The second-order valence-corrected chi connectivity index (χ2v) is 8.27. The first kappa shape index (κ1) is 23.0. The van der Waals surface area contributed by atoms with Crippen LogP contribution < -0.4 is 20.1 Å². The molecule has 0 unspecified atom stereocenters. The first-order chi connectivity index (χ1) is 15.1. The fraction of sp³-hybridized carbons (Fsp3) is 0.320. The summed E-state index contributed by atoms with van der Waals surface area (Å²) in [5.74, 6) is 2.32. The molecule has 31 heavy (non-hydrogen) atoms. The Bertz CT molecular complexity index is 1010. The first-order valence-electron chi connectivity index (χ1n) is 10.4. The van der Waals surface area contributed by atoms with Crippen molar-refractivity contribution in [3.63, 3.8) is 0 Å². The van der Waals surface area contributed by atoms with Crippen LogP contribution in [0.3, 0.4) is 0 Å². The van der Waals surface area contributed by atoms with Gasteiger partial charge in [-0.05, 0) is 58.5 Å². The zero-order valence-corrected chi connectivity index (χ0v) is 19.1. The van der Waals surface area contributed by atoms with Gasteiger partial charge < -0.3 is 20.1 Å². The Labute approximate surface area is 188 Å². The van der Waals surface area contributed by atoms with Crippen LogP contribution in [0.25, 0.3) is 10.8 Å². The van der Waals surface area contributed by atoms with E-state index < -0.39 is 0 Å². The summed E-state index contributed by atoms with van der Waals surface area (Å²) in [4.78, 5) is 12.1. The Morgan fingerprint density at radius 2 is 1.77 bits per heavy atom. The highest BCUT2D eigenvalue weighted by atomic mass is 32.2. The monoisotopic (exact) mass is 438 g/mol. The van der Waals surface area contributed by atoms with Crippen LogP contribution in [0.15, 0.2) is 60.7 Å². The molecule has 0 bridgehead atoms. The summed E-state index contributed by atoms with van der Waals surface area (Å²) < 4.78 is 11.6. The van der Waals surface area contributed by atoms with E-state index in [1.54, 1.807) is 25.9 Å². The van der Waals surface area contributed by atoms with Crippen LogP contribution in [-0.4, -0.2) is 38.1 Å². The smallest absolute Gasteiger partial charge is 0.236 e. The van der Waals surface area contributed by atoms with Crippen LogP contribution in [0.1, 0.15) is 17.5 Å². The minimum absolute atomic E-state index is 0.0105. The molecule has 0 aliphatic rings. The van der Waals surface area contributed by atoms with E-state index in [9.17, 15) is 4.79 Å². The molecular formula is C25H30N2O3S. The summed E-state index contributed by atoms with van der Waals surface area (Å²) >= 11 is 1.74. The van der Waals surface area contributed by atoms with E-state index >= 15 is 0 Å². The lowest BCUT2D eigenvalue weighted by Gasteiger charge is -2.18. The van der Waals surface area contributed by atoms with E-state index in [0.717, 1.165) is 23.3 Å². The number of benzene rings is 3. The van der Waals surface area contributed by atoms with Gasteiger partial charge in [-0.25, -0.2) is 0 Å². The number of carbonyl (C=O) groups excluding carboxylic acids is 1. The SMILES string of the molecule is CNC(=O)[C@H](CCSC)NCc1ccc(OCc2ccc3ccccc3c2)c(OC)c1. The van der Waals surface area contributed by atoms with Crippen molar-refractivity contribution < 1.29 is 14.3 Å². The van der Waals surface area contributed by atoms with E-state index in [1.807, 2.05) is 36.6 Å². The first-order valence-corrected chi connectivity index (χ1v) is 11.7. The molecule has 0 aliphatic carbocycles. The van der Waals surface area contributed by atoms with Crippen LogP contribution in [0.4, 0.5) is 0 Å². The summed E-state index contributed by atoms with van der Waals surface area (Å²) in [7, 11) is 3.31. The molecule has 0 fully saturated rings. The van der Waals surface area contributed by atoms with Gasteiger partial charge in [-0.3, -0.25) is 4.79 Å². The molecule has 6 heteroatoms. The number of ether oxygens (including phenoxy) is 2. The Morgan fingerprint density at radius 1 is 1.00 bits per heavy atom. The molecule has 0 saturated heterocycles. The highest BCUT2D eigenvalue weighted by molar-refractivity contribution is 7.98. The van der Waals surface area contributed by atoms with Gasteiger partial charge in [-0.2, -0.15) is 11.8 Å². The minimum atomic E-state index is -0.215. The van der Waals surface area contributed by atoms with E-state index in [1.165, 1.54) is 10.8 Å². The Balaban J connectivity index is 1.63. The number of rotatable bonds is 11. The number of nitrogens with one attached hydrogen (secondary N) is 2. The third-order valence-electron chi connectivity index (χ3n) is 5.16. The number of carbonyl (C=O) groups is 1. The zero-order valence-electron chi connectivity index (χ0n) is 18.3. The van der Waals surface area contributed by atoms with Crippen molar-refractivity contribution in [1.82, 2.24) is 10.6 Å². The maximum absolute atomic E-state index is 12.1. The number of amides is 1. The van der Waals surface area contributed by atoms with Crippen molar-refractivity contribution in [3.05, 3.63) is 71.8 Å². The lowest BCUT2D eigenvalue weighted by molar-refractivity contribution is -0.122. The maximum atomic E-state index is 12.1. The standard InChI is InChI=1S/C25H30N2O3S/c1-26-25(28)22(12-13-31-3)27-16-18-9-11-23(24(15-18)29-2)30-17-19-8-10-20-6-4-5-7-21(20)14-19/h4-11,14-15,22,27H,12-13,16-17H2,1-3H3,(H,26,28)/t22-/m0/s1. The molecule has 0 aromatic heterocycles. The summed E-state index contributed by atoms with van der Waals surface area (Å²) in [6.45, 7) is 1.04. The van der Waals surface area contributed by atoms with Gasteiger partial charge in [0.1, 0.15) is 6.61 Å². The molecular weight excluding hydrogens is 408 g/mol. The largest absolute Gasteiger partial charge is 0.493 e. The second-order valence-electron chi connectivity index (χ2n) is 7.28. The molecule has 1 amide bonds. The van der Waals surface area contributed by atoms with Gasteiger partial charge in [0.2, 0.25) is 5.91 Å². The number of fused-ring (bicyclic) bond motifs is 1. The molecule has 0 radical (unpaired) electrons. The lowest BCUT2D eigenvalue weighted by Crippen LogP contribution is -2.42. The minimum Gasteiger partial charge on any atom is -0.493 e. The molecule has 3 aromatic rings. The van der Waals surface area contributed by atoms with Crippen LogP contribution in [0, 0.1) is 0 Å². The van der Waals surface area contributed by atoms with Gasteiger partial charge in [0, 0.05) is 13.6 Å². The van der Waals surface area contributed by atoms with Gasteiger partial charge in [0.15, 0.2) is 11.5 Å². The highest BCUT2D eigenvalue weighted by Gasteiger charge is 2.16. The quantitative estimate of drug-likeness (QED) is 0.465. The number of likely N-dealkylation sites (N-methyl/N-ethyl adjacent to an activating group) is 1. The van der Waals surface area contributed by atoms with Gasteiger partial charge in [-0.15, -0.1) is 0 Å². The second kappa shape index (κ2) is 11.6. The normalized spacial score (nSPS) is 11.8. The third kappa shape index (κ3) is 6.39. The molecule has 3 rings (SSSR count). The fourth-order valence-corrected chi connectivity index (χ4v) is 3.88. The van der Waals surface area contributed by atoms with Crippen molar-refractivity contribution in [2.24, 2.45) is 0 Å². The van der Waals surface area contributed by atoms with Crippen molar-refractivity contribution in [2.75, 3.05) is 26.2 Å². The number of hydrogen-bond acceptors (Lipinski definition) is 5. The summed E-state index contributed by atoms with van der Waals surface area (Å²) in [6.07, 6.45) is 2.83. The summed E-state index contributed by atoms with van der Waals surface area (Å²) in [5.41, 5.74) is 2.14. The van der Waals surface area contributed by atoms with E-state index in [-0.39, 0.29) is 11.9 Å². The molecule has 0 saturated carbocycles. The van der Waals surface area contributed by atoms with Crippen LogP contribution in [-0.2, 0) is 17.9 Å². The van der Waals surface area contributed by atoms with Gasteiger partial charge in [0.25, 0.3) is 0 Å². The molecule has 2 N–H and O–H groups in total. The predicted octanol–water partition coefficient (Wildman–Crippen LogP) is 4.38. The molecule has 0 heterocycles. The van der Waals surface area contributed by atoms with E-state index in [4.69, 9.17) is 9.47 Å². The molecule has 3 aromatic carbocycles. The van der Waals surface area contributed by atoms with Gasteiger partial charge >= 0.3 is 0 Å². The molecule has 0 spiro atoms. The van der Waals surface area contributed by atoms with Crippen molar-refractivity contribution >= 4 is 28.4 Å². The summed E-state index contributed by atoms with van der Waals surface area (Å²) in [5, 5.41) is 8.49. The van der Waals surface area contributed by atoms with Gasteiger partial charge in [0.05, 0.1) is 13.2 Å². The number of methoxy groups -OCH3 is 1. The molecule has 1 atom stereocenters. The van der Waals surface area contributed by atoms with Crippen LogP contribution in [0.2, 0.25) is 0 Å². The highest BCUT2D eigenvalue weighted by Crippen LogP contribution is 2.29. The average Bonchev–Trinajstić information content (AvgIpc) is 2.82. The average molecular weight is 439 g/mol. The fourth-order valence-electron chi connectivity index (χ4n) is 3.41. The molecule has 164 valence electrons. The lowest BCUT2D eigenvalue weighted by atomic mass is 10.1. The molecule has 5 nitrogen and oxygen atoms in total. The maximum Gasteiger partial charge on any atom is 0.236 e. The number of hydrogen-bond donors (Lipinski definition) is 2. The Morgan fingerprint density at radius 3 is 2.52 bits per heavy atom. The third-order valence-corrected chi connectivity index (χ3v) is 5.81. The summed E-state index contributed by atoms with van der Waals surface area (Å²) in [6, 6.07) is 20.3. The van der Waals surface area contributed by atoms with E-state index in [0.29, 0.717) is 24.7 Å². The van der Waals surface area contributed by atoms with Crippen LogP contribution in [0.5, 0.6) is 11.5 Å².